The zero-order chi connectivity index (χ0) is 8.86. The molecule has 0 saturated carbocycles. The van der Waals surface area contributed by atoms with Gasteiger partial charge in [0.25, 0.3) is 0 Å². The van der Waals surface area contributed by atoms with Crippen molar-refractivity contribution in [2.24, 2.45) is 0 Å². The highest BCUT2D eigenvalue weighted by atomic mass is 16.6. The number of quaternary nitrogens is 1. The lowest BCUT2D eigenvalue weighted by atomic mass is 10.1. The van der Waals surface area contributed by atoms with Crippen molar-refractivity contribution in [2.75, 3.05) is 6.54 Å². The highest BCUT2D eigenvalue weighted by Gasteiger charge is 2.50. The van der Waals surface area contributed by atoms with Gasteiger partial charge in [0.05, 0.1) is 12.1 Å². The van der Waals surface area contributed by atoms with E-state index in [1.807, 2.05) is 13.8 Å². The summed E-state index contributed by atoms with van der Waals surface area (Å²) >= 11 is 0. The molecule has 0 spiro atoms. The Morgan fingerprint density at radius 3 is 1.91 bits per heavy atom. The maximum atomic E-state index is 11.3. The van der Waals surface area contributed by atoms with Crippen LogP contribution < -0.4 is 5.06 Å². The van der Waals surface area contributed by atoms with E-state index in [1.165, 1.54) is 0 Å². The van der Waals surface area contributed by atoms with Crippen LogP contribution in [0.1, 0.15) is 27.7 Å². The van der Waals surface area contributed by atoms with Crippen molar-refractivity contribution in [1.82, 2.24) is 5.06 Å². The molecule has 1 fully saturated rings. The molecule has 1 unspecified atom stereocenters. The quantitative estimate of drug-likeness (QED) is 0.474. The van der Waals surface area contributed by atoms with Crippen LogP contribution in [0.3, 0.4) is 0 Å². The minimum absolute atomic E-state index is 0.102. The van der Waals surface area contributed by atoms with Crippen molar-refractivity contribution in [2.45, 2.75) is 38.9 Å². The topological polar surface area (TPSA) is 51.0 Å². The van der Waals surface area contributed by atoms with Crippen LogP contribution in [0.4, 0.5) is 0 Å². The molecule has 1 atom stereocenters. The van der Waals surface area contributed by atoms with E-state index in [0.717, 1.165) is 5.06 Å². The zero-order valence-corrected chi connectivity index (χ0v) is 7.51. The fourth-order valence-electron chi connectivity index (χ4n) is 1.56. The standard InChI is InChI=1S/C7H16N2O2/c1-6(2)5-8(10)7(3,4)9(6)11/h8,11H,5H2,1-4H3. The normalized spacial score (nSPS) is 36.0. The van der Waals surface area contributed by atoms with Gasteiger partial charge < -0.3 is 15.5 Å². The maximum Gasteiger partial charge on any atom is 0.170 e. The van der Waals surface area contributed by atoms with Gasteiger partial charge in [0.1, 0.15) is 0 Å². The van der Waals surface area contributed by atoms with Gasteiger partial charge in [-0.2, -0.15) is 0 Å². The molecule has 0 aliphatic carbocycles. The Morgan fingerprint density at radius 1 is 1.36 bits per heavy atom. The van der Waals surface area contributed by atoms with E-state index >= 15 is 0 Å². The van der Waals surface area contributed by atoms with Crippen LogP contribution in [0.25, 0.3) is 0 Å². The van der Waals surface area contributed by atoms with E-state index in [1.54, 1.807) is 13.8 Å². The molecule has 0 bridgehead atoms. The number of rotatable bonds is 0. The fraction of sp³-hybridized carbons (Fsp3) is 1.00. The van der Waals surface area contributed by atoms with Gasteiger partial charge in [-0.1, -0.05) is 0 Å². The van der Waals surface area contributed by atoms with Crippen LogP contribution in [0.15, 0.2) is 0 Å². The highest BCUT2D eigenvalue weighted by Crippen LogP contribution is 2.22. The van der Waals surface area contributed by atoms with E-state index < -0.39 is 11.2 Å². The number of hydrogen-bond donors (Lipinski definition) is 2. The molecule has 1 aliphatic heterocycles. The van der Waals surface area contributed by atoms with Gasteiger partial charge >= 0.3 is 0 Å². The van der Waals surface area contributed by atoms with Crippen LogP contribution in [-0.2, 0) is 0 Å². The van der Waals surface area contributed by atoms with Crippen molar-refractivity contribution in [3.05, 3.63) is 5.21 Å². The second kappa shape index (κ2) is 2.17. The van der Waals surface area contributed by atoms with Gasteiger partial charge in [-0.15, -0.1) is 5.06 Å². The van der Waals surface area contributed by atoms with E-state index in [2.05, 4.69) is 0 Å². The Kier molecular flexibility index (Phi) is 1.76. The summed E-state index contributed by atoms with van der Waals surface area (Å²) in [5.41, 5.74) is -1.11. The molecule has 0 aromatic carbocycles. The van der Waals surface area contributed by atoms with Crippen molar-refractivity contribution < 1.29 is 10.3 Å². The van der Waals surface area contributed by atoms with E-state index in [9.17, 15) is 10.4 Å². The molecule has 1 saturated heterocycles. The van der Waals surface area contributed by atoms with E-state index in [-0.39, 0.29) is 5.06 Å². The van der Waals surface area contributed by atoms with Crippen LogP contribution >= 0.6 is 0 Å². The van der Waals surface area contributed by atoms with Crippen molar-refractivity contribution in [3.8, 4) is 0 Å². The third-order valence-corrected chi connectivity index (χ3v) is 2.38. The molecule has 0 amide bonds. The third-order valence-electron chi connectivity index (χ3n) is 2.38. The molecule has 4 heteroatoms. The van der Waals surface area contributed by atoms with Crippen LogP contribution in [0, 0.1) is 5.21 Å². The first-order chi connectivity index (χ1) is 4.78. The van der Waals surface area contributed by atoms with Crippen molar-refractivity contribution >= 4 is 0 Å². The molecule has 0 aromatic rings. The summed E-state index contributed by atoms with van der Waals surface area (Å²) in [7, 11) is 0. The van der Waals surface area contributed by atoms with Gasteiger partial charge in [-0.3, -0.25) is 0 Å². The SMILES string of the molecule is CC1(C)C[NH+]([O-])C(C)(C)N1O. The summed E-state index contributed by atoms with van der Waals surface area (Å²) in [5.74, 6) is 0. The van der Waals surface area contributed by atoms with Gasteiger partial charge in [0.2, 0.25) is 0 Å². The number of hydrogen-bond acceptors (Lipinski definition) is 3. The lowest BCUT2D eigenvalue weighted by molar-refractivity contribution is -0.899. The monoisotopic (exact) mass is 160 g/mol. The van der Waals surface area contributed by atoms with Crippen molar-refractivity contribution in [3.63, 3.8) is 0 Å². The first-order valence-corrected chi connectivity index (χ1v) is 3.81. The minimum Gasteiger partial charge on any atom is -0.633 e. The summed E-state index contributed by atoms with van der Waals surface area (Å²) in [6.45, 7) is 7.63. The maximum absolute atomic E-state index is 11.3. The Morgan fingerprint density at radius 2 is 1.82 bits per heavy atom. The van der Waals surface area contributed by atoms with Crippen LogP contribution in [-0.4, -0.2) is 28.0 Å². The molecule has 66 valence electrons. The predicted molar refractivity (Wildman–Crippen MR) is 41.0 cm³/mol. The molecule has 0 radical (unpaired) electrons. The first kappa shape index (κ1) is 8.93. The van der Waals surface area contributed by atoms with Crippen LogP contribution in [0.5, 0.6) is 0 Å². The van der Waals surface area contributed by atoms with Gasteiger partial charge in [-0.05, 0) is 13.8 Å². The molecule has 1 rings (SSSR count). The van der Waals surface area contributed by atoms with E-state index in [0.29, 0.717) is 6.54 Å². The average Bonchev–Trinajstić information content (AvgIpc) is 1.94. The molecular formula is C7H16N2O2. The van der Waals surface area contributed by atoms with Gasteiger partial charge in [0, 0.05) is 13.8 Å². The Bertz CT molecular complexity index is 168. The molecule has 11 heavy (non-hydrogen) atoms. The summed E-state index contributed by atoms with van der Waals surface area (Å²) in [6, 6.07) is 0. The lowest BCUT2D eigenvalue weighted by Gasteiger charge is -2.34. The second-order valence-corrected chi connectivity index (χ2v) is 4.28. The first-order valence-electron chi connectivity index (χ1n) is 3.81. The number of nitrogens with one attached hydrogen (secondary N) is 1. The Labute approximate surface area is 66.9 Å². The molecule has 4 nitrogen and oxygen atoms in total. The van der Waals surface area contributed by atoms with Crippen molar-refractivity contribution in [1.29, 1.82) is 0 Å². The summed E-state index contributed by atoms with van der Waals surface area (Å²) < 4.78 is 0. The largest absolute Gasteiger partial charge is 0.633 e. The summed E-state index contributed by atoms with van der Waals surface area (Å²) in [4.78, 5) is 0. The number of hydroxylamine groups is 4. The molecule has 1 heterocycles. The summed E-state index contributed by atoms with van der Waals surface area (Å²) in [6.07, 6.45) is 0. The minimum atomic E-state index is -0.705. The third kappa shape index (κ3) is 1.16. The Balaban J connectivity index is 2.89. The number of nitrogens with zero attached hydrogens (tertiary/aromatic N) is 1. The van der Waals surface area contributed by atoms with Gasteiger partial charge in [-0.25, -0.2) is 0 Å². The Hall–Kier alpha value is -0.160. The zero-order valence-electron chi connectivity index (χ0n) is 7.51. The highest BCUT2D eigenvalue weighted by molar-refractivity contribution is 4.86. The van der Waals surface area contributed by atoms with Crippen LogP contribution in [0.2, 0.25) is 0 Å². The molecule has 1 aliphatic rings. The molecule has 0 aromatic heterocycles. The lowest BCUT2D eigenvalue weighted by Crippen LogP contribution is -3.14. The van der Waals surface area contributed by atoms with Gasteiger partial charge in [0.15, 0.2) is 5.66 Å². The average molecular weight is 160 g/mol. The molecule has 2 N–H and O–H groups in total. The summed E-state index contributed by atoms with van der Waals surface area (Å²) in [5, 5.41) is 22.1. The predicted octanol–water partition coefficient (Wildman–Crippen LogP) is -0.411. The second-order valence-electron chi connectivity index (χ2n) is 4.28. The fourth-order valence-corrected chi connectivity index (χ4v) is 1.56. The molecular weight excluding hydrogens is 144 g/mol. The smallest absolute Gasteiger partial charge is 0.170 e. The van der Waals surface area contributed by atoms with E-state index in [4.69, 9.17) is 0 Å².